The van der Waals surface area contributed by atoms with Crippen LogP contribution in [0.2, 0.25) is 0 Å². The number of nitrogens with one attached hydrogen (secondary N) is 1. The summed E-state index contributed by atoms with van der Waals surface area (Å²) in [6, 6.07) is 14.5. The van der Waals surface area contributed by atoms with Gasteiger partial charge in [0.25, 0.3) is 5.56 Å². The number of benzene rings is 2. The molecular weight excluding hydrogens is 450 g/mol. The predicted octanol–water partition coefficient (Wildman–Crippen LogP) is 2.55. The van der Waals surface area contributed by atoms with Crippen LogP contribution in [0, 0.1) is 0 Å². The van der Waals surface area contributed by atoms with Crippen LogP contribution in [-0.2, 0) is 4.79 Å². The Balaban J connectivity index is 1.62. The Morgan fingerprint density at radius 2 is 1.97 bits per heavy atom. The van der Waals surface area contributed by atoms with E-state index >= 15 is 0 Å². The zero-order chi connectivity index (χ0) is 22.7. The van der Waals surface area contributed by atoms with Crippen LogP contribution in [-0.4, -0.2) is 34.3 Å². The Labute approximate surface area is 190 Å². The molecule has 1 N–H and O–H groups in total. The maximum absolute atomic E-state index is 13.1. The van der Waals surface area contributed by atoms with Crippen LogP contribution in [0.15, 0.2) is 69.9 Å². The van der Waals surface area contributed by atoms with E-state index in [1.807, 2.05) is 0 Å². The Morgan fingerprint density at radius 3 is 2.69 bits per heavy atom. The lowest BCUT2D eigenvalue weighted by molar-refractivity contribution is -0.255. The van der Waals surface area contributed by atoms with Crippen LogP contribution in [0.4, 0.5) is 5.69 Å². The fraction of sp³-hybridized carbons (Fsp3) is 0.0909. The van der Waals surface area contributed by atoms with Crippen molar-refractivity contribution in [1.82, 2.24) is 9.55 Å². The number of rotatable bonds is 7. The lowest BCUT2D eigenvalue weighted by atomic mass is 10.2. The molecule has 8 nitrogen and oxygen atoms in total. The second-order valence-corrected chi connectivity index (χ2v) is 8.43. The van der Waals surface area contributed by atoms with Crippen molar-refractivity contribution in [3.05, 3.63) is 75.9 Å². The summed E-state index contributed by atoms with van der Waals surface area (Å²) in [6.45, 7) is 0. The SMILES string of the molecule is COc1cccc(NC(=O)CSc2nc3ccsc3c(=O)n2-c2ccc(C(=O)[O-])cc2)c1. The molecule has 0 aliphatic heterocycles. The highest BCUT2D eigenvalue weighted by Crippen LogP contribution is 2.24. The van der Waals surface area contributed by atoms with Crippen LogP contribution >= 0.6 is 23.1 Å². The van der Waals surface area contributed by atoms with E-state index in [-0.39, 0.29) is 22.8 Å². The molecule has 162 valence electrons. The summed E-state index contributed by atoms with van der Waals surface area (Å²) in [5.74, 6) is -0.952. The third kappa shape index (κ3) is 4.51. The molecule has 4 aromatic rings. The number of fused-ring (bicyclic) bond motifs is 1. The molecule has 0 unspecified atom stereocenters. The number of anilines is 1. The molecule has 0 fully saturated rings. The first kappa shape index (κ1) is 21.6. The van der Waals surface area contributed by atoms with Gasteiger partial charge in [0, 0.05) is 11.8 Å². The Kier molecular flexibility index (Phi) is 6.24. The van der Waals surface area contributed by atoms with Crippen LogP contribution in [0.25, 0.3) is 15.9 Å². The summed E-state index contributed by atoms with van der Waals surface area (Å²) in [5.41, 5.74) is 1.28. The van der Waals surface area contributed by atoms with Crippen molar-refractivity contribution < 1.29 is 19.4 Å². The van der Waals surface area contributed by atoms with Gasteiger partial charge in [0.1, 0.15) is 10.4 Å². The predicted molar refractivity (Wildman–Crippen MR) is 122 cm³/mol. The number of thioether (sulfide) groups is 1. The van der Waals surface area contributed by atoms with E-state index in [9.17, 15) is 19.5 Å². The minimum absolute atomic E-state index is 0.00108. The third-order valence-corrected chi connectivity index (χ3v) is 6.33. The monoisotopic (exact) mass is 466 g/mol. The number of thiophene rings is 1. The highest BCUT2D eigenvalue weighted by Gasteiger charge is 2.16. The molecule has 32 heavy (non-hydrogen) atoms. The summed E-state index contributed by atoms with van der Waals surface area (Å²) in [5, 5.41) is 15.9. The molecule has 0 atom stereocenters. The van der Waals surface area contributed by atoms with Crippen molar-refractivity contribution in [3.8, 4) is 11.4 Å². The highest BCUT2D eigenvalue weighted by atomic mass is 32.2. The first-order chi connectivity index (χ1) is 15.5. The van der Waals surface area contributed by atoms with Gasteiger partial charge in [-0.25, -0.2) is 4.98 Å². The molecule has 0 saturated carbocycles. The Hall–Kier alpha value is -3.63. The minimum atomic E-state index is -1.31. The molecule has 4 rings (SSSR count). The van der Waals surface area contributed by atoms with Gasteiger partial charge in [-0.05, 0) is 41.3 Å². The fourth-order valence-electron chi connectivity index (χ4n) is 2.99. The van der Waals surface area contributed by atoms with E-state index in [4.69, 9.17) is 4.74 Å². The van der Waals surface area contributed by atoms with Crippen molar-refractivity contribution in [3.63, 3.8) is 0 Å². The van der Waals surface area contributed by atoms with E-state index in [2.05, 4.69) is 10.3 Å². The molecule has 0 aliphatic carbocycles. The molecule has 0 spiro atoms. The van der Waals surface area contributed by atoms with Crippen molar-refractivity contribution >= 4 is 50.9 Å². The smallest absolute Gasteiger partial charge is 0.276 e. The Morgan fingerprint density at radius 1 is 1.19 bits per heavy atom. The van der Waals surface area contributed by atoms with Gasteiger partial charge in [0.15, 0.2) is 5.16 Å². The molecule has 0 bridgehead atoms. The Bertz CT molecular complexity index is 1360. The number of hydrogen-bond acceptors (Lipinski definition) is 8. The summed E-state index contributed by atoms with van der Waals surface area (Å²) in [4.78, 5) is 41.2. The van der Waals surface area contributed by atoms with E-state index in [1.54, 1.807) is 42.8 Å². The standard InChI is InChI=1S/C22H17N3O5S2/c1-30-16-4-2-3-14(11-16)23-18(26)12-32-22-24-17-9-10-31-19(17)20(27)25(22)15-7-5-13(6-8-15)21(28)29/h2-11H,12H2,1H3,(H,23,26)(H,28,29)/p-1. The van der Waals surface area contributed by atoms with Gasteiger partial charge in [-0.2, -0.15) is 0 Å². The van der Waals surface area contributed by atoms with Crippen molar-refractivity contribution in [2.24, 2.45) is 0 Å². The molecule has 0 saturated heterocycles. The normalized spacial score (nSPS) is 10.8. The van der Waals surface area contributed by atoms with Crippen molar-refractivity contribution in [2.75, 3.05) is 18.2 Å². The molecule has 2 heterocycles. The van der Waals surface area contributed by atoms with Crippen molar-refractivity contribution in [1.29, 1.82) is 0 Å². The molecule has 2 aromatic carbocycles. The third-order valence-electron chi connectivity index (χ3n) is 4.50. The van der Waals surface area contributed by atoms with Gasteiger partial charge >= 0.3 is 0 Å². The maximum Gasteiger partial charge on any atom is 0.276 e. The van der Waals surface area contributed by atoms with Crippen molar-refractivity contribution in [2.45, 2.75) is 5.16 Å². The van der Waals surface area contributed by atoms with Crippen LogP contribution in [0.3, 0.4) is 0 Å². The fourth-order valence-corrected chi connectivity index (χ4v) is 4.56. The lowest BCUT2D eigenvalue weighted by Gasteiger charge is -2.13. The molecular formula is C22H16N3O5S2-. The number of amides is 1. The molecule has 0 aliphatic rings. The van der Waals surface area contributed by atoms with E-state index in [0.29, 0.717) is 32.5 Å². The number of carbonyl (C=O) groups is 2. The van der Waals surface area contributed by atoms with Crippen LogP contribution in [0.1, 0.15) is 10.4 Å². The van der Waals surface area contributed by atoms with Crippen LogP contribution < -0.4 is 20.7 Å². The topological polar surface area (TPSA) is 113 Å². The van der Waals surface area contributed by atoms with Gasteiger partial charge in [-0.1, -0.05) is 30.0 Å². The molecule has 1 amide bonds. The number of aromatic nitrogens is 2. The number of methoxy groups -OCH3 is 1. The van der Waals surface area contributed by atoms with E-state index in [0.717, 1.165) is 11.8 Å². The number of hydrogen-bond donors (Lipinski definition) is 1. The number of ether oxygens (including phenoxy) is 1. The zero-order valence-corrected chi connectivity index (χ0v) is 18.4. The summed E-state index contributed by atoms with van der Waals surface area (Å²) in [6.07, 6.45) is 0. The second kappa shape index (κ2) is 9.25. The quantitative estimate of drug-likeness (QED) is 0.329. The zero-order valence-electron chi connectivity index (χ0n) is 16.7. The first-order valence-electron chi connectivity index (χ1n) is 9.35. The van der Waals surface area contributed by atoms with Crippen LogP contribution in [0.5, 0.6) is 5.75 Å². The largest absolute Gasteiger partial charge is 0.545 e. The summed E-state index contributed by atoms with van der Waals surface area (Å²) >= 11 is 2.38. The van der Waals surface area contributed by atoms with Gasteiger partial charge in [-0.15, -0.1) is 11.3 Å². The van der Waals surface area contributed by atoms with E-state index in [1.165, 1.54) is 40.2 Å². The van der Waals surface area contributed by atoms with Gasteiger partial charge in [-0.3, -0.25) is 14.2 Å². The molecule has 0 radical (unpaired) electrons. The average molecular weight is 467 g/mol. The molecule has 2 aromatic heterocycles. The molecule has 10 heteroatoms. The van der Waals surface area contributed by atoms with Gasteiger partial charge in [0.2, 0.25) is 5.91 Å². The average Bonchev–Trinajstić information content (AvgIpc) is 3.27. The second-order valence-electron chi connectivity index (χ2n) is 6.57. The lowest BCUT2D eigenvalue weighted by Crippen LogP contribution is -2.23. The number of carbonyl (C=O) groups excluding carboxylic acids is 2. The van der Waals surface area contributed by atoms with Gasteiger partial charge < -0.3 is 20.0 Å². The highest BCUT2D eigenvalue weighted by molar-refractivity contribution is 7.99. The number of carboxylic acids is 1. The number of aromatic carboxylic acids is 1. The first-order valence-corrected chi connectivity index (χ1v) is 11.2. The number of carboxylic acid groups (broad SMARTS) is 1. The maximum atomic E-state index is 13.1. The summed E-state index contributed by atoms with van der Waals surface area (Å²) < 4.78 is 7.00. The minimum Gasteiger partial charge on any atom is -0.545 e. The van der Waals surface area contributed by atoms with Gasteiger partial charge in [0.05, 0.1) is 30.0 Å². The summed E-state index contributed by atoms with van der Waals surface area (Å²) in [7, 11) is 1.54. The van der Waals surface area contributed by atoms with E-state index < -0.39 is 5.97 Å². The number of nitrogens with zero attached hydrogens (tertiary/aromatic N) is 2.